The van der Waals surface area contributed by atoms with E-state index in [9.17, 15) is 4.79 Å². The highest BCUT2D eigenvalue weighted by molar-refractivity contribution is 6.30. The maximum absolute atomic E-state index is 12.7. The summed E-state index contributed by atoms with van der Waals surface area (Å²) in [6.45, 7) is 2.15. The molecule has 0 aliphatic carbocycles. The van der Waals surface area contributed by atoms with Crippen LogP contribution >= 0.6 is 11.6 Å². The van der Waals surface area contributed by atoms with Crippen LogP contribution in [0.15, 0.2) is 54.6 Å². The Kier molecular flexibility index (Phi) is 7.85. The van der Waals surface area contributed by atoms with Crippen molar-refractivity contribution in [2.75, 3.05) is 38.8 Å². The second-order valence-corrected chi connectivity index (χ2v) is 8.71. The van der Waals surface area contributed by atoms with Gasteiger partial charge in [-0.3, -0.25) is 4.79 Å². The number of benzene rings is 2. The maximum atomic E-state index is 12.7. The molecule has 1 amide bonds. The predicted molar refractivity (Wildman–Crippen MR) is 134 cm³/mol. The molecule has 1 N–H and O–H groups in total. The van der Waals surface area contributed by atoms with E-state index in [0.717, 1.165) is 55.0 Å². The van der Waals surface area contributed by atoms with E-state index in [2.05, 4.69) is 20.4 Å². The number of halogens is 1. The van der Waals surface area contributed by atoms with E-state index in [1.165, 1.54) is 0 Å². The highest BCUT2D eigenvalue weighted by Gasteiger charge is 2.25. The van der Waals surface area contributed by atoms with E-state index in [1.807, 2.05) is 54.6 Å². The summed E-state index contributed by atoms with van der Waals surface area (Å²) in [5.41, 5.74) is 2.88. The van der Waals surface area contributed by atoms with E-state index in [4.69, 9.17) is 21.1 Å². The van der Waals surface area contributed by atoms with Crippen LogP contribution in [0.3, 0.4) is 0 Å². The van der Waals surface area contributed by atoms with E-state index < -0.39 is 0 Å². The molecule has 34 heavy (non-hydrogen) atoms. The third kappa shape index (κ3) is 5.78. The van der Waals surface area contributed by atoms with Gasteiger partial charge in [0.1, 0.15) is 0 Å². The summed E-state index contributed by atoms with van der Waals surface area (Å²) in [7, 11) is 3.24. The third-order valence-electron chi connectivity index (χ3n) is 6.14. The zero-order valence-electron chi connectivity index (χ0n) is 19.5. The molecule has 1 aromatic heterocycles. The molecule has 1 aliphatic rings. The molecule has 2 aromatic carbocycles. The van der Waals surface area contributed by atoms with Gasteiger partial charge in [0.15, 0.2) is 17.3 Å². The highest BCUT2D eigenvalue weighted by atomic mass is 35.5. The second kappa shape index (κ2) is 11.2. The number of amides is 1. The van der Waals surface area contributed by atoms with Gasteiger partial charge in [0, 0.05) is 36.1 Å². The molecular weight excluding hydrogens is 452 g/mol. The van der Waals surface area contributed by atoms with Crippen LogP contribution in [0.5, 0.6) is 11.5 Å². The Balaban J connectivity index is 1.24. The lowest BCUT2D eigenvalue weighted by Crippen LogP contribution is -2.41. The van der Waals surface area contributed by atoms with Crippen molar-refractivity contribution in [2.45, 2.75) is 19.3 Å². The Morgan fingerprint density at radius 2 is 1.74 bits per heavy atom. The van der Waals surface area contributed by atoms with Crippen molar-refractivity contribution in [2.24, 2.45) is 5.92 Å². The SMILES string of the molecule is COc1ccc(CCNC(=O)C2CCN(c3ccc(-c4ccc(Cl)cc4)nn3)CC2)cc1OC. The van der Waals surface area contributed by atoms with Gasteiger partial charge in [0.05, 0.1) is 19.9 Å². The van der Waals surface area contributed by atoms with Gasteiger partial charge in [0.25, 0.3) is 0 Å². The molecule has 8 heteroatoms. The smallest absolute Gasteiger partial charge is 0.223 e. The van der Waals surface area contributed by atoms with Crippen LogP contribution in [-0.2, 0) is 11.2 Å². The predicted octanol–water partition coefficient (Wildman–Crippen LogP) is 4.39. The highest BCUT2D eigenvalue weighted by Crippen LogP contribution is 2.28. The Morgan fingerprint density at radius 1 is 1.00 bits per heavy atom. The minimum absolute atomic E-state index is 0.0166. The van der Waals surface area contributed by atoms with Crippen molar-refractivity contribution in [3.8, 4) is 22.8 Å². The monoisotopic (exact) mass is 480 g/mol. The first-order valence-corrected chi connectivity index (χ1v) is 11.8. The largest absolute Gasteiger partial charge is 0.493 e. The van der Waals surface area contributed by atoms with Crippen molar-refractivity contribution < 1.29 is 14.3 Å². The van der Waals surface area contributed by atoms with Crippen molar-refractivity contribution in [3.05, 3.63) is 65.2 Å². The summed E-state index contributed by atoms with van der Waals surface area (Å²) in [5.74, 6) is 2.37. The number of piperidine rings is 1. The maximum Gasteiger partial charge on any atom is 0.223 e. The zero-order chi connectivity index (χ0) is 23.9. The molecule has 178 valence electrons. The van der Waals surface area contributed by atoms with Gasteiger partial charge in [-0.15, -0.1) is 10.2 Å². The van der Waals surface area contributed by atoms with Crippen molar-refractivity contribution in [3.63, 3.8) is 0 Å². The molecule has 0 atom stereocenters. The van der Waals surface area contributed by atoms with E-state index >= 15 is 0 Å². The van der Waals surface area contributed by atoms with Gasteiger partial charge < -0.3 is 19.7 Å². The van der Waals surface area contributed by atoms with Gasteiger partial charge in [-0.25, -0.2) is 0 Å². The fraction of sp³-hybridized carbons (Fsp3) is 0.346. The number of anilines is 1. The van der Waals surface area contributed by atoms with E-state index in [0.29, 0.717) is 23.1 Å². The van der Waals surface area contributed by atoms with Crippen molar-refractivity contribution in [1.29, 1.82) is 0 Å². The number of nitrogens with zero attached hydrogens (tertiary/aromatic N) is 3. The fourth-order valence-electron chi connectivity index (χ4n) is 4.15. The molecule has 0 unspecified atom stereocenters. The number of ether oxygens (including phenoxy) is 2. The summed E-state index contributed by atoms with van der Waals surface area (Å²) in [6.07, 6.45) is 2.33. The van der Waals surface area contributed by atoms with Crippen molar-refractivity contribution in [1.82, 2.24) is 15.5 Å². The van der Waals surface area contributed by atoms with Gasteiger partial charge >= 0.3 is 0 Å². The first-order valence-electron chi connectivity index (χ1n) is 11.4. The number of rotatable bonds is 8. The van der Waals surface area contributed by atoms with Gasteiger partial charge in [-0.05, 0) is 61.2 Å². The number of methoxy groups -OCH3 is 2. The second-order valence-electron chi connectivity index (χ2n) is 8.28. The third-order valence-corrected chi connectivity index (χ3v) is 6.39. The quantitative estimate of drug-likeness (QED) is 0.515. The number of carbonyl (C=O) groups is 1. The molecule has 0 radical (unpaired) electrons. The molecule has 1 saturated heterocycles. The van der Waals surface area contributed by atoms with Crippen LogP contribution < -0.4 is 19.7 Å². The van der Waals surface area contributed by atoms with E-state index in [1.54, 1.807) is 14.2 Å². The van der Waals surface area contributed by atoms with E-state index in [-0.39, 0.29) is 11.8 Å². The minimum Gasteiger partial charge on any atom is -0.493 e. The summed E-state index contributed by atoms with van der Waals surface area (Å²) in [4.78, 5) is 14.9. The molecule has 1 fully saturated rings. The Hall–Kier alpha value is -3.32. The summed E-state index contributed by atoms with van der Waals surface area (Å²) < 4.78 is 10.6. The number of aromatic nitrogens is 2. The lowest BCUT2D eigenvalue weighted by molar-refractivity contribution is -0.125. The molecule has 1 aliphatic heterocycles. The number of hydrogen-bond donors (Lipinski definition) is 1. The van der Waals surface area contributed by atoms with Crippen LogP contribution in [0.4, 0.5) is 5.82 Å². The van der Waals surface area contributed by atoms with Gasteiger partial charge in [0.2, 0.25) is 5.91 Å². The van der Waals surface area contributed by atoms with Crippen molar-refractivity contribution >= 4 is 23.3 Å². The topological polar surface area (TPSA) is 76.6 Å². The number of nitrogens with one attached hydrogen (secondary N) is 1. The lowest BCUT2D eigenvalue weighted by atomic mass is 9.96. The number of carbonyl (C=O) groups excluding carboxylic acids is 1. The standard InChI is InChI=1S/C26H29ClN4O3/c1-33-23-9-3-18(17-24(23)34-2)11-14-28-26(32)20-12-15-31(16-13-20)25-10-8-22(29-30-25)19-4-6-21(27)7-5-19/h3-10,17,20H,11-16H2,1-2H3,(H,28,32). The molecule has 0 saturated carbocycles. The normalized spacial score (nSPS) is 14.0. The average molecular weight is 481 g/mol. The molecule has 4 rings (SSSR count). The Labute approximate surface area is 205 Å². The van der Waals surface area contributed by atoms with Gasteiger partial charge in [-0.1, -0.05) is 29.8 Å². The van der Waals surface area contributed by atoms with Crippen LogP contribution in [-0.4, -0.2) is 50.0 Å². The van der Waals surface area contributed by atoms with Gasteiger partial charge in [-0.2, -0.15) is 0 Å². The first-order chi connectivity index (χ1) is 16.6. The molecule has 0 spiro atoms. The Morgan fingerprint density at radius 3 is 2.38 bits per heavy atom. The molecular formula is C26H29ClN4O3. The summed E-state index contributed by atoms with van der Waals surface area (Å²) in [5, 5.41) is 12.6. The number of hydrogen-bond acceptors (Lipinski definition) is 6. The summed E-state index contributed by atoms with van der Waals surface area (Å²) >= 11 is 5.96. The van der Waals surface area contributed by atoms with Crippen LogP contribution in [0.25, 0.3) is 11.3 Å². The molecule has 0 bridgehead atoms. The average Bonchev–Trinajstić information content (AvgIpc) is 2.89. The van der Waals surface area contributed by atoms with Crippen LogP contribution in [0.2, 0.25) is 5.02 Å². The first kappa shape index (κ1) is 23.8. The fourth-order valence-corrected chi connectivity index (χ4v) is 4.28. The summed E-state index contributed by atoms with van der Waals surface area (Å²) in [6, 6.07) is 17.3. The minimum atomic E-state index is 0.0166. The molecule has 3 aromatic rings. The Bertz CT molecular complexity index is 1100. The lowest BCUT2D eigenvalue weighted by Gasteiger charge is -2.31. The molecule has 2 heterocycles. The van der Waals surface area contributed by atoms with Crippen LogP contribution in [0.1, 0.15) is 18.4 Å². The van der Waals surface area contributed by atoms with Crippen LogP contribution in [0, 0.1) is 5.92 Å². The molecule has 7 nitrogen and oxygen atoms in total. The zero-order valence-corrected chi connectivity index (χ0v) is 20.2.